The summed E-state index contributed by atoms with van der Waals surface area (Å²) in [4.78, 5) is 31.5. The Kier molecular flexibility index (Phi) is 5.08. The highest BCUT2D eigenvalue weighted by molar-refractivity contribution is 6.07. The summed E-state index contributed by atoms with van der Waals surface area (Å²) in [7, 11) is 0. The Morgan fingerprint density at radius 2 is 1.90 bits per heavy atom. The molecular formula is C23H20FN3O2. The third-order valence-corrected chi connectivity index (χ3v) is 5.06. The van der Waals surface area contributed by atoms with Crippen LogP contribution in [-0.4, -0.2) is 22.8 Å². The number of nitrogens with zero attached hydrogens (tertiary/aromatic N) is 2. The van der Waals surface area contributed by atoms with Crippen molar-refractivity contribution in [1.29, 1.82) is 0 Å². The second kappa shape index (κ2) is 7.83. The number of halogens is 1. The minimum absolute atomic E-state index is 0.0141. The summed E-state index contributed by atoms with van der Waals surface area (Å²) in [5.41, 5.74) is 2.90. The van der Waals surface area contributed by atoms with Gasteiger partial charge in [0.15, 0.2) is 0 Å². The lowest BCUT2D eigenvalue weighted by Crippen LogP contribution is -2.36. The number of benzene rings is 2. The van der Waals surface area contributed by atoms with Gasteiger partial charge in [-0.2, -0.15) is 0 Å². The zero-order valence-corrected chi connectivity index (χ0v) is 15.9. The molecule has 1 aliphatic heterocycles. The second-order valence-corrected chi connectivity index (χ2v) is 7.06. The van der Waals surface area contributed by atoms with Gasteiger partial charge in [0.1, 0.15) is 11.5 Å². The number of anilines is 1. The van der Waals surface area contributed by atoms with Gasteiger partial charge in [-0.15, -0.1) is 0 Å². The maximum atomic E-state index is 13.7. The van der Waals surface area contributed by atoms with E-state index in [-0.39, 0.29) is 35.9 Å². The van der Waals surface area contributed by atoms with E-state index in [1.807, 2.05) is 31.2 Å². The Bertz CT molecular complexity index is 1080. The van der Waals surface area contributed by atoms with Crippen molar-refractivity contribution in [1.82, 2.24) is 10.3 Å². The van der Waals surface area contributed by atoms with Gasteiger partial charge in [0, 0.05) is 35.6 Å². The van der Waals surface area contributed by atoms with Gasteiger partial charge >= 0.3 is 0 Å². The molecule has 2 aromatic carbocycles. The highest BCUT2D eigenvalue weighted by atomic mass is 19.1. The van der Waals surface area contributed by atoms with Crippen LogP contribution in [0.1, 0.15) is 38.9 Å². The molecule has 5 nitrogen and oxygen atoms in total. The molecule has 6 heteroatoms. The molecule has 1 atom stereocenters. The fourth-order valence-electron chi connectivity index (χ4n) is 3.61. The van der Waals surface area contributed by atoms with E-state index in [1.54, 1.807) is 23.1 Å². The summed E-state index contributed by atoms with van der Waals surface area (Å²) in [5, 5.41) is 2.68. The van der Waals surface area contributed by atoms with Crippen LogP contribution in [0.3, 0.4) is 0 Å². The first kappa shape index (κ1) is 18.8. The van der Waals surface area contributed by atoms with Crippen LogP contribution in [0.2, 0.25) is 0 Å². The van der Waals surface area contributed by atoms with E-state index in [1.165, 1.54) is 24.4 Å². The quantitative estimate of drug-likeness (QED) is 0.739. The van der Waals surface area contributed by atoms with Crippen molar-refractivity contribution in [3.63, 3.8) is 0 Å². The van der Waals surface area contributed by atoms with Crippen LogP contribution in [0.5, 0.6) is 0 Å². The molecular weight excluding hydrogens is 369 g/mol. The van der Waals surface area contributed by atoms with Gasteiger partial charge in [0.25, 0.3) is 11.8 Å². The average Bonchev–Trinajstić information content (AvgIpc) is 3.08. The molecule has 0 bridgehead atoms. The minimum atomic E-state index is -0.389. The van der Waals surface area contributed by atoms with Crippen LogP contribution in [0.15, 0.2) is 66.9 Å². The van der Waals surface area contributed by atoms with Gasteiger partial charge in [-0.25, -0.2) is 4.39 Å². The standard InChI is InChI=1S/C23H20FN3O2/c1-15-12-16-6-3-5-9-21(16)27(15)23(29)20-13-17(10-11-25-20)22(28)26-14-18-7-2-4-8-19(18)24/h2-11,13,15H,12,14H2,1H3,(H,26,28). The van der Waals surface area contributed by atoms with Gasteiger partial charge < -0.3 is 10.2 Å². The van der Waals surface area contributed by atoms with Gasteiger partial charge in [-0.3, -0.25) is 14.6 Å². The van der Waals surface area contributed by atoms with Crippen molar-refractivity contribution in [2.24, 2.45) is 0 Å². The number of hydrogen-bond acceptors (Lipinski definition) is 3. The van der Waals surface area contributed by atoms with Crippen molar-refractivity contribution >= 4 is 17.5 Å². The maximum absolute atomic E-state index is 13.7. The zero-order chi connectivity index (χ0) is 20.4. The predicted octanol–water partition coefficient (Wildman–Crippen LogP) is 3.74. The number of rotatable bonds is 4. The minimum Gasteiger partial charge on any atom is -0.348 e. The molecule has 1 N–H and O–H groups in total. The molecule has 2 heterocycles. The predicted molar refractivity (Wildman–Crippen MR) is 108 cm³/mol. The number of hydrogen-bond donors (Lipinski definition) is 1. The monoisotopic (exact) mass is 389 g/mol. The molecule has 0 radical (unpaired) electrons. The molecule has 2 amide bonds. The first-order valence-corrected chi connectivity index (χ1v) is 9.43. The van der Waals surface area contributed by atoms with Crippen LogP contribution in [0.25, 0.3) is 0 Å². The van der Waals surface area contributed by atoms with E-state index in [4.69, 9.17) is 0 Å². The molecule has 0 fully saturated rings. The third kappa shape index (κ3) is 3.74. The number of para-hydroxylation sites is 1. The Labute approximate surface area is 168 Å². The SMILES string of the molecule is CC1Cc2ccccc2N1C(=O)c1cc(C(=O)NCc2ccccc2F)ccn1. The van der Waals surface area contributed by atoms with E-state index in [0.717, 1.165) is 17.7 Å². The Balaban J connectivity index is 1.52. The Morgan fingerprint density at radius 3 is 2.72 bits per heavy atom. The molecule has 0 spiro atoms. The zero-order valence-electron chi connectivity index (χ0n) is 15.9. The molecule has 1 aromatic heterocycles. The normalized spacial score (nSPS) is 15.1. The van der Waals surface area contributed by atoms with Crippen molar-refractivity contribution < 1.29 is 14.0 Å². The lowest BCUT2D eigenvalue weighted by molar-refractivity contribution is 0.0950. The van der Waals surface area contributed by atoms with Crippen LogP contribution >= 0.6 is 0 Å². The average molecular weight is 389 g/mol. The molecule has 146 valence electrons. The summed E-state index contributed by atoms with van der Waals surface area (Å²) in [6.07, 6.45) is 2.22. The molecule has 4 rings (SSSR count). The second-order valence-electron chi connectivity index (χ2n) is 7.06. The lowest BCUT2D eigenvalue weighted by atomic mass is 10.1. The number of carbonyl (C=O) groups is 2. The highest BCUT2D eigenvalue weighted by Gasteiger charge is 2.32. The van der Waals surface area contributed by atoms with E-state index < -0.39 is 0 Å². The maximum Gasteiger partial charge on any atom is 0.277 e. The van der Waals surface area contributed by atoms with E-state index >= 15 is 0 Å². The summed E-state index contributed by atoms with van der Waals surface area (Å²) in [6, 6.07) is 17.1. The molecule has 0 saturated carbocycles. The van der Waals surface area contributed by atoms with Crippen molar-refractivity contribution in [3.05, 3.63) is 95.1 Å². The van der Waals surface area contributed by atoms with Gasteiger partial charge in [0.2, 0.25) is 0 Å². The number of amides is 2. The first-order valence-electron chi connectivity index (χ1n) is 9.43. The van der Waals surface area contributed by atoms with Crippen LogP contribution in [0, 0.1) is 5.82 Å². The largest absolute Gasteiger partial charge is 0.348 e. The van der Waals surface area contributed by atoms with Gasteiger partial charge in [0.05, 0.1) is 0 Å². The molecule has 1 unspecified atom stereocenters. The molecule has 3 aromatic rings. The molecule has 1 aliphatic rings. The van der Waals surface area contributed by atoms with Crippen LogP contribution in [0.4, 0.5) is 10.1 Å². The van der Waals surface area contributed by atoms with E-state index in [0.29, 0.717) is 11.1 Å². The van der Waals surface area contributed by atoms with Gasteiger partial charge in [-0.1, -0.05) is 36.4 Å². The molecule has 0 saturated heterocycles. The fraction of sp³-hybridized carbons (Fsp3) is 0.174. The Morgan fingerprint density at radius 1 is 1.14 bits per heavy atom. The number of pyridine rings is 1. The van der Waals surface area contributed by atoms with Crippen molar-refractivity contribution in [2.75, 3.05) is 4.90 Å². The van der Waals surface area contributed by atoms with Crippen molar-refractivity contribution in [2.45, 2.75) is 25.9 Å². The number of nitrogens with one attached hydrogen (secondary N) is 1. The molecule has 0 aliphatic carbocycles. The number of aromatic nitrogens is 1. The fourth-order valence-corrected chi connectivity index (χ4v) is 3.61. The summed E-state index contributed by atoms with van der Waals surface area (Å²) >= 11 is 0. The lowest BCUT2D eigenvalue weighted by Gasteiger charge is -2.22. The molecule has 29 heavy (non-hydrogen) atoms. The Hall–Kier alpha value is -3.54. The van der Waals surface area contributed by atoms with E-state index in [9.17, 15) is 14.0 Å². The van der Waals surface area contributed by atoms with Gasteiger partial charge in [-0.05, 0) is 43.2 Å². The summed E-state index contributed by atoms with van der Waals surface area (Å²) in [6.45, 7) is 2.05. The van der Waals surface area contributed by atoms with Crippen LogP contribution in [-0.2, 0) is 13.0 Å². The highest BCUT2D eigenvalue weighted by Crippen LogP contribution is 2.32. The smallest absolute Gasteiger partial charge is 0.277 e. The van der Waals surface area contributed by atoms with E-state index in [2.05, 4.69) is 10.3 Å². The topological polar surface area (TPSA) is 62.3 Å². The first-order chi connectivity index (χ1) is 14.0. The third-order valence-electron chi connectivity index (χ3n) is 5.06. The van der Waals surface area contributed by atoms with Crippen molar-refractivity contribution in [3.8, 4) is 0 Å². The number of carbonyl (C=O) groups excluding carboxylic acids is 2. The number of fused-ring (bicyclic) bond motifs is 1. The summed E-state index contributed by atoms with van der Waals surface area (Å²) in [5.74, 6) is -1.01. The van der Waals surface area contributed by atoms with Crippen LogP contribution < -0.4 is 10.2 Å². The summed E-state index contributed by atoms with van der Waals surface area (Å²) < 4.78 is 13.7.